The summed E-state index contributed by atoms with van der Waals surface area (Å²) in [5.41, 5.74) is 2.70. The lowest BCUT2D eigenvalue weighted by atomic mass is 10.1. The molecule has 3 aromatic rings. The molecule has 0 aromatic carbocycles. The zero-order chi connectivity index (χ0) is 20.5. The fourth-order valence-electron chi connectivity index (χ4n) is 3.97. The second-order valence-corrected chi connectivity index (χ2v) is 7.44. The largest absolute Gasteiger partial charge is 0.376 e. The fourth-order valence-corrected chi connectivity index (χ4v) is 3.97. The third-order valence-corrected chi connectivity index (χ3v) is 5.49. The minimum absolute atomic E-state index is 0.538. The van der Waals surface area contributed by atoms with Crippen LogP contribution in [0.2, 0.25) is 0 Å². The smallest absolute Gasteiger partial charge is 0.159 e. The molecular weight excluding hydrogens is 380 g/mol. The molecule has 9 nitrogen and oxygen atoms in total. The Labute approximate surface area is 174 Å². The number of rotatable bonds is 3. The van der Waals surface area contributed by atoms with Gasteiger partial charge in [0.05, 0.1) is 24.5 Å². The van der Waals surface area contributed by atoms with Crippen LogP contribution in [-0.4, -0.2) is 57.5 Å². The molecule has 0 radical (unpaired) electrons. The van der Waals surface area contributed by atoms with Crippen LogP contribution in [0.4, 0.5) is 11.6 Å². The SMILES string of the molecule is Cc1nc(N2CCN(c3nc4c(cc3C#N)COCC4)CC2)cc(-n2cccn2)n1. The number of anilines is 2. The van der Waals surface area contributed by atoms with E-state index < -0.39 is 0 Å². The van der Waals surface area contributed by atoms with Gasteiger partial charge in [-0.05, 0) is 19.1 Å². The number of nitrogens with zero attached hydrogens (tertiary/aromatic N) is 8. The lowest BCUT2D eigenvalue weighted by molar-refractivity contribution is 0.109. The number of fused-ring (bicyclic) bond motifs is 1. The van der Waals surface area contributed by atoms with Gasteiger partial charge in [-0.2, -0.15) is 10.4 Å². The van der Waals surface area contributed by atoms with Crippen molar-refractivity contribution >= 4 is 11.6 Å². The van der Waals surface area contributed by atoms with Crippen molar-refractivity contribution in [1.82, 2.24) is 24.7 Å². The maximum absolute atomic E-state index is 9.64. The second kappa shape index (κ2) is 7.72. The Balaban J connectivity index is 1.36. The van der Waals surface area contributed by atoms with E-state index in [9.17, 15) is 5.26 Å². The molecule has 1 saturated heterocycles. The van der Waals surface area contributed by atoms with Crippen LogP contribution in [-0.2, 0) is 17.8 Å². The number of hydrogen-bond acceptors (Lipinski definition) is 8. The lowest BCUT2D eigenvalue weighted by Gasteiger charge is -2.37. The Morgan fingerprint density at radius 3 is 2.60 bits per heavy atom. The van der Waals surface area contributed by atoms with Crippen LogP contribution in [0.25, 0.3) is 5.82 Å². The molecule has 0 aliphatic carbocycles. The molecule has 5 heterocycles. The normalized spacial score (nSPS) is 16.3. The summed E-state index contributed by atoms with van der Waals surface area (Å²) in [7, 11) is 0. The van der Waals surface area contributed by atoms with E-state index in [4.69, 9.17) is 9.72 Å². The number of piperazine rings is 1. The molecule has 9 heteroatoms. The molecule has 152 valence electrons. The van der Waals surface area contributed by atoms with E-state index in [1.165, 1.54) is 0 Å². The molecule has 1 fully saturated rings. The summed E-state index contributed by atoms with van der Waals surface area (Å²) < 4.78 is 7.25. The molecular formula is C21H22N8O. The average Bonchev–Trinajstić information content (AvgIpc) is 3.33. The number of ether oxygens (including phenoxy) is 1. The van der Waals surface area contributed by atoms with Crippen LogP contribution < -0.4 is 9.80 Å². The standard InChI is InChI=1S/C21H22N8O/c1-15-24-19(12-20(25-15)29-5-2-4-23-29)27-6-8-28(9-7-27)21-16(13-22)11-17-14-30-10-3-18(17)26-21/h2,4-5,11-12H,3,6-10,14H2,1H3. The van der Waals surface area contributed by atoms with Crippen molar-refractivity contribution in [1.29, 1.82) is 5.26 Å². The van der Waals surface area contributed by atoms with E-state index in [1.807, 2.05) is 31.3 Å². The van der Waals surface area contributed by atoms with Gasteiger partial charge in [-0.15, -0.1) is 0 Å². The topological polar surface area (TPSA) is 96.0 Å². The highest BCUT2D eigenvalue weighted by Crippen LogP contribution is 2.26. The van der Waals surface area contributed by atoms with E-state index in [-0.39, 0.29) is 0 Å². The first-order valence-corrected chi connectivity index (χ1v) is 10.1. The summed E-state index contributed by atoms with van der Waals surface area (Å²) in [6, 6.07) is 8.09. The molecule has 0 amide bonds. The minimum atomic E-state index is 0.538. The van der Waals surface area contributed by atoms with E-state index >= 15 is 0 Å². The molecule has 30 heavy (non-hydrogen) atoms. The second-order valence-electron chi connectivity index (χ2n) is 7.44. The first-order valence-electron chi connectivity index (χ1n) is 10.1. The summed E-state index contributed by atoms with van der Waals surface area (Å²) in [4.78, 5) is 18.4. The number of hydrogen-bond donors (Lipinski definition) is 0. The lowest BCUT2D eigenvalue weighted by Crippen LogP contribution is -2.47. The highest BCUT2D eigenvalue weighted by molar-refractivity contribution is 5.57. The zero-order valence-corrected chi connectivity index (χ0v) is 16.8. The van der Waals surface area contributed by atoms with Crippen LogP contribution in [0, 0.1) is 18.3 Å². The van der Waals surface area contributed by atoms with Crippen LogP contribution in [0.1, 0.15) is 22.6 Å². The van der Waals surface area contributed by atoms with Crippen LogP contribution in [0.5, 0.6) is 0 Å². The van der Waals surface area contributed by atoms with Gasteiger partial charge < -0.3 is 14.5 Å². The van der Waals surface area contributed by atoms with Gasteiger partial charge in [0.15, 0.2) is 5.82 Å². The van der Waals surface area contributed by atoms with Gasteiger partial charge in [0.1, 0.15) is 23.5 Å². The fraction of sp³-hybridized carbons (Fsp3) is 0.381. The zero-order valence-electron chi connectivity index (χ0n) is 16.8. The highest BCUT2D eigenvalue weighted by Gasteiger charge is 2.24. The number of aryl methyl sites for hydroxylation is 1. The van der Waals surface area contributed by atoms with Crippen molar-refractivity contribution in [2.45, 2.75) is 20.0 Å². The predicted molar refractivity (Wildman–Crippen MR) is 111 cm³/mol. The molecule has 0 saturated carbocycles. The highest BCUT2D eigenvalue weighted by atomic mass is 16.5. The summed E-state index contributed by atoms with van der Waals surface area (Å²) in [5.74, 6) is 3.15. The Kier molecular flexibility index (Phi) is 4.77. The summed E-state index contributed by atoms with van der Waals surface area (Å²) >= 11 is 0. The van der Waals surface area contributed by atoms with Gasteiger partial charge >= 0.3 is 0 Å². The molecule has 2 aliphatic heterocycles. The van der Waals surface area contributed by atoms with Crippen molar-refractivity contribution in [3.8, 4) is 11.9 Å². The van der Waals surface area contributed by atoms with E-state index in [0.29, 0.717) is 24.6 Å². The van der Waals surface area contributed by atoms with Crippen molar-refractivity contribution in [2.75, 3.05) is 42.6 Å². The minimum Gasteiger partial charge on any atom is -0.376 e. The Morgan fingerprint density at radius 2 is 1.83 bits per heavy atom. The first kappa shape index (κ1) is 18.5. The van der Waals surface area contributed by atoms with Crippen LogP contribution in [0.3, 0.4) is 0 Å². The number of nitriles is 1. The van der Waals surface area contributed by atoms with Crippen molar-refractivity contribution < 1.29 is 4.74 Å². The summed E-state index contributed by atoms with van der Waals surface area (Å²) in [5, 5.41) is 13.9. The summed E-state index contributed by atoms with van der Waals surface area (Å²) in [6.07, 6.45) is 4.41. The predicted octanol–water partition coefficient (Wildman–Crippen LogP) is 1.64. The van der Waals surface area contributed by atoms with Gasteiger partial charge in [-0.25, -0.2) is 19.6 Å². The monoisotopic (exact) mass is 402 g/mol. The van der Waals surface area contributed by atoms with Crippen molar-refractivity contribution in [3.63, 3.8) is 0 Å². The first-order chi connectivity index (χ1) is 14.7. The van der Waals surface area contributed by atoms with Gasteiger partial charge in [0.25, 0.3) is 0 Å². The van der Waals surface area contributed by atoms with Gasteiger partial charge in [0, 0.05) is 56.6 Å². The van der Waals surface area contributed by atoms with Gasteiger partial charge in [-0.1, -0.05) is 0 Å². The molecule has 0 unspecified atom stereocenters. The third kappa shape index (κ3) is 3.46. The molecule has 0 atom stereocenters. The van der Waals surface area contributed by atoms with Gasteiger partial charge in [0.2, 0.25) is 0 Å². The third-order valence-electron chi connectivity index (χ3n) is 5.49. The van der Waals surface area contributed by atoms with E-state index in [1.54, 1.807) is 10.9 Å². The molecule has 0 bridgehead atoms. The van der Waals surface area contributed by atoms with Crippen LogP contribution >= 0.6 is 0 Å². The number of pyridine rings is 1. The quantitative estimate of drug-likeness (QED) is 0.652. The van der Waals surface area contributed by atoms with Crippen molar-refractivity contribution in [2.24, 2.45) is 0 Å². The average molecular weight is 402 g/mol. The Hall–Kier alpha value is -3.51. The Morgan fingerprint density at radius 1 is 1.03 bits per heavy atom. The van der Waals surface area contributed by atoms with Crippen molar-refractivity contribution in [3.05, 3.63) is 53.2 Å². The maximum Gasteiger partial charge on any atom is 0.159 e. The molecule has 0 N–H and O–H groups in total. The molecule has 0 spiro atoms. The molecule has 5 rings (SSSR count). The van der Waals surface area contributed by atoms with E-state index in [2.05, 4.69) is 30.9 Å². The number of aromatic nitrogens is 5. The van der Waals surface area contributed by atoms with E-state index in [0.717, 1.165) is 61.3 Å². The van der Waals surface area contributed by atoms with Crippen LogP contribution in [0.15, 0.2) is 30.6 Å². The Bertz CT molecular complexity index is 1100. The summed E-state index contributed by atoms with van der Waals surface area (Å²) in [6.45, 7) is 6.26. The van der Waals surface area contributed by atoms with Gasteiger partial charge in [-0.3, -0.25) is 0 Å². The molecule has 2 aliphatic rings. The molecule has 3 aromatic heterocycles. The maximum atomic E-state index is 9.64.